The predicted molar refractivity (Wildman–Crippen MR) is 77.2 cm³/mol. The summed E-state index contributed by atoms with van der Waals surface area (Å²) in [6.07, 6.45) is 6.37. The lowest BCUT2D eigenvalue weighted by atomic mass is 9.92. The van der Waals surface area contributed by atoms with Crippen LogP contribution in [-0.4, -0.2) is 19.3 Å². The SMILES string of the molecule is CCc1cccc(C)c1NC1CCC(OC)CC1. The van der Waals surface area contributed by atoms with E-state index in [0.717, 1.165) is 6.42 Å². The molecular formula is C16H25NO. The van der Waals surface area contributed by atoms with Crippen LogP contribution < -0.4 is 5.32 Å². The lowest BCUT2D eigenvalue weighted by Gasteiger charge is -2.30. The Labute approximate surface area is 111 Å². The van der Waals surface area contributed by atoms with Gasteiger partial charge in [0.25, 0.3) is 0 Å². The molecule has 0 atom stereocenters. The Hall–Kier alpha value is -1.02. The molecule has 0 amide bonds. The van der Waals surface area contributed by atoms with E-state index < -0.39 is 0 Å². The molecule has 1 aliphatic rings. The van der Waals surface area contributed by atoms with Crippen LogP contribution in [0.3, 0.4) is 0 Å². The molecule has 18 heavy (non-hydrogen) atoms. The van der Waals surface area contributed by atoms with Gasteiger partial charge in [0.2, 0.25) is 0 Å². The smallest absolute Gasteiger partial charge is 0.0572 e. The maximum atomic E-state index is 5.43. The molecule has 1 aliphatic carbocycles. The average Bonchev–Trinajstić information content (AvgIpc) is 2.42. The highest BCUT2D eigenvalue weighted by atomic mass is 16.5. The highest BCUT2D eigenvalue weighted by Crippen LogP contribution is 2.27. The van der Waals surface area contributed by atoms with E-state index in [1.807, 2.05) is 7.11 Å². The average molecular weight is 247 g/mol. The molecule has 0 aromatic heterocycles. The van der Waals surface area contributed by atoms with Gasteiger partial charge in [-0.2, -0.15) is 0 Å². The van der Waals surface area contributed by atoms with Gasteiger partial charge in [-0.15, -0.1) is 0 Å². The van der Waals surface area contributed by atoms with E-state index in [9.17, 15) is 0 Å². The third-order valence-corrected chi connectivity index (χ3v) is 4.10. The van der Waals surface area contributed by atoms with Crippen LogP contribution in [0.5, 0.6) is 0 Å². The Morgan fingerprint density at radius 3 is 2.56 bits per heavy atom. The van der Waals surface area contributed by atoms with Gasteiger partial charge in [-0.1, -0.05) is 25.1 Å². The molecule has 2 nitrogen and oxygen atoms in total. The van der Waals surface area contributed by atoms with Gasteiger partial charge in [0.05, 0.1) is 6.10 Å². The fraction of sp³-hybridized carbons (Fsp3) is 0.625. The van der Waals surface area contributed by atoms with Crippen LogP contribution >= 0.6 is 0 Å². The number of ether oxygens (including phenoxy) is 1. The minimum Gasteiger partial charge on any atom is -0.382 e. The third kappa shape index (κ3) is 3.05. The van der Waals surface area contributed by atoms with Gasteiger partial charge >= 0.3 is 0 Å². The van der Waals surface area contributed by atoms with E-state index in [2.05, 4.69) is 37.4 Å². The zero-order valence-corrected chi connectivity index (χ0v) is 11.8. The van der Waals surface area contributed by atoms with Crippen molar-refractivity contribution in [2.24, 2.45) is 0 Å². The van der Waals surface area contributed by atoms with E-state index in [1.165, 1.54) is 42.5 Å². The molecule has 1 aromatic rings. The fourth-order valence-corrected chi connectivity index (χ4v) is 2.88. The van der Waals surface area contributed by atoms with Crippen LogP contribution in [0, 0.1) is 6.92 Å². The summed E-state index contributed by atoms with van der Waals surface area (Å²) in [7, 11) is 1.83. The number of methoxy groups -OCH3 is 1. The topological polar surface area (TPSA) is 21.3 Å². The maximum absolute atomic E-state index is 5.43. The van der Waals surface area contributed by atoms with Gasteiger partial charge < -0.3 is 10.1 Å². The second-order valence-electron chi connectivity index (χ2n) is 5.32. The molecule has 1 N–H and O–H groups in total. The van der Waals surface area contributed by atoms with Crippen LogP contribution in [0.2, 0.25) is 0 Å². The molecule has 0 spiro atoms. The zero-order valence-electron chi connectivity index (χ0n) is 11.8. The maximum Gasteiger partial charge on any atom is 0.0572 e. The van der Waals surface area contributed by atoms with Crippen molar-refractivity contribution in [1.82, 2.24) is 0 Å². The molecule has 0 heterocycles. The van der Waals surface area contributed by atoms with Crippen molar-refractivity contribution in [1.29, 1.82) is 0 Å². The number of hydrogen-bond acceptors (Lipinski definition) is 2. The zero-order chi connectivity index (χ0) is 13.0. The van der Waals surface area contributed by atoms with E-state index in [4.69, 9.17) is 4.74 Å². The minimum absolute atomic E-state index is 0.477. The van der Waals surface area contributed by atoms with Crippen LogP contribution in [0.4, 0.5) is 5.69 Å². The molecule has 0 radical (unpaired) electrons. The van der Waals surface area contributed by atoms with Crippen molar-refractivity contribution in [3.8, 4) is 0 Å². The Kier molecular flexibility index (Phi) is 4.65. The molecule has 1 fully saturated rings. The van der Waals surface area contributed by atoms with Gasteiger partial charge in [-0.3, -0.25) is 0 Å². The molecule has 2 heteroatoms. The number of para-hydroxylation sites is 1. The first-order chi connectivity index (χ1) is 8.74. The van der Waals surface area contributed by atoms with Gasteiger partial charge in [0.15, 0.2) is 0 Å². The minimum atomic E-state index is 0.477. The first-order valence-corrected chi connectivity index (χ1v) is 7.12. The summed E-state index contributed by atoms with van der Waals surface area (Å²) in [4.78, 5) is 0. The monoisotopic (exact) mass is 247 g/mol. The number of benzene rings is 1. The summed E-state index contributed by atoms with van der Waals surface area (Å²) in [5.41, 5.74) is 4.16. The third-order valence-electron chi connectivity index (χ3n) is 4.10. The second kappa shape index (κ2) is 6.24. The summed E-state index contributed by atoms with van der Waals surface area (Å²) >= 11 is 0. The molecule has 0 aliphatic heterocycles. The normalized spacial score (nSPS) is 23.9. The number of hydrogen-bond donors (Lipinski definition) is 1. The quantitative estimate of drug-likeness (QED) is 0.870. The highest BCUT2D eigenvalue weighted by molar-refractivity contribution is 5.57. The Balaban J connectivity index is 2.02. The molecule has 0 saturated heterocycles. The van der Waals surface area contributed by atoms with Crippen LogP contribution in [-0.2, 0) is 11.2 Å². The van der Waals surface area contributed by atoms with Crippen LogP contribution in [0.15, 0.2) is 18.2 Å². The Morgan fingerprint density at radius 1 is 1.22 bits per heavy atom. The molecule has 100 valence electrons. The number of rotatable bonds is 4. The molecule has 0 unspecified atom stereocenters. The van der Waals surface area contributed by atoms with Crippen molar-refractivity contribution in [2.45, 2.75) is 58.1 Å². The number of nitrogens with one attached hydrogen (secondary N) is 1. The van der Waals surface area contributed by atoms with Gasteiger partial charge in [0.1, 0.15) is 0 Å². The van der Waals surface area contributed by atoms with E-state index in [-0.39, 0.29) is 0 Å². The van der Waals surface area contributed by atoms with Crippen LogP contribution in [0.1, 0.15) is 43.7 Å². The summed E-state index contributed by atoms with van der Waals surface area (Å²) in [5, 5.41) is 3.76. The van der Waals surface area contributed by atoms with Crippen molar-refractivity contribution in [3.05, 3.63) is 29.3 Å². The molecule has 0 bridgehead atoms. The second-order valence-corrected chi connectivity index (χ2v) is 5.32. The van der Waals surface area contributed by atoms with Gasteiger partial charge in [-0.25, -0.2) is 0 Å². The standard InChI is InChI=1S/C16H25NO/c1-4-13-7-5-6-12(2)16(13)17-14-8-10-15(18-3)11-9-14/h5-7,14-15,17H,4,8-11H2,1-3H3. The van der Waals surface area contributed by atoms with E-state index in [1.54, 1.807) is 0 Å². The molecule has 1 saturated carbocycles. The lowest BCUT2D eigenvalue weighted by Crippen LogP contribution is -2.29. The summed E-state index contributed by atoms with van der Waals surface area (Å²) in [5.74, 6) is 0. The van der Waals surface area contributed by atoms with Crippen molar-refractivity contribution in [3.63, 3.8) is 0 Å². The van der Waals surface area contributed by atoms with Gasteiger partial charge in [-0.05, 0) is 50.2 Å². The molecular weight excluding hydrogens is 222 g/mol. The van der Waals surface area contributed by atoms with Crippen molar-refractivity contribution in [2.75, 3.05) is 12.4 Å². The lowest BCUT2D eigenvalue weighted by molar-refractivity contribution is 0.0682. The fourth-order valence-electron chi connectivity index (χ4n) is 2.88. The Bertz CT molecular complexity index is 381. The first-order valence-electron chi connectivity index (χ1n) is 7.12. The highest BCUT2D eigenvalue weighted by Gasteiger charge is 2.21. The predicted octanol–water partition coefficient (Wildman–Crippen LogP) is 3.93. The Morgan fingerprint density at radius 2 is 1.94 bits per heavy atom. The van der Waals surface area contributed by atoms with Crippen LogP contribution in [0.25, 0.3) is 0 Å². The summed E-state index contributed by atoms with van der Waals surface area (Å²) < 4.78 is 5.43. The van der Waals surface area contributed by atoms with Crippen molar-refractivity contribution < 1.29 is 4.74 Å². The molecule has 1 aromatic carbocycles. The summed E-state index contributed by atoms with van der Waals surface area (Å²) in [6, 6.07) is 7.20. The van der Waals surface area contributed by atoms with E-state index in [0.29, 0.717) is 12.1 Å². The van der Waals surface area contributed by atoms with E-state index >= 15 is 0 Å². The first kappa shape index (κ1) is 13.4. The molecule has 2 rings (SSSR count). The number of anilines is 1. The van der Waals surface area contributed by atoms with Gasteiger partial charge in [0, 0.05) is 18.8 Å². The largest absolute Gasteiger partial charge is 0.382 e. The summed E-state index contributed by atoms with van der Waals surface area (Å²) in [6.45, 7) is 4.42. The van der Waals surface area contributed by atoms with Crippen molar-refractivity contribution >= 4 is 5.69 Å². The number of aryl methyl sites for hydroxylation is 2.